The summed E-state index contributed by atoms with van der Waals surface area (Å²) in [5, 5.41) is 0. The lowest BCUT2D eigenvalue weighted by Crippen LogP contribution is -3.00. The van der Waals surface area contributed by atoms with E-state index in [1.165, 1.54) is 11.1 Å². The highest BCUT2D eigenvalue weighted by Crippen LogP contribution is 2.31. The third-order valence-corrected chi connectivity index (χ3v) is 6.19. The van der Waals surface area contributed by atoms with Crippen molar-refractivity contribution in [2.45, 2.75) is 13.8 Å². The third kappa shape index (κ3) is 8.68. The minimum atomic E-state index is -0.0557. The summed E-state index contributed by atoms with van der Waals surface area (Å²) in [4.78, 5) is 13.4. The van der Waals surface area contributed by atoms with E-state index in [1.807, 2.05) is 51.5 Å². The second-order valence-electron chi connectivity index (χ2n) is 11.6. The van der Waals surface area contributed by atoms with Crippen molar-refractivity contribution in [3.05, 3.63) is 82.9 Å². The minimum absolute atomic E-state index is 0. The highest BCUT2D eigenvalue weighted by atomic mass is 127. The number of allylic oxidation sites excluding steroid dienone is 1. The predicted octanol–water partition coefficient (Wildman–Crippen LogP) is 3.16. The molecule has 5 nitrogen and oxygen atoms in total. The first-order valence-electron chi connectivity index (χ1n) is 12.7. The molecule has 0 fully saturated rings. The SMILES string of the molecule is COc1ccc(C(=O)/C=C/c2cc(-c3cc(C)cc(C)c3)ccc2OCC[N+](C)(C)C)c([N+](C)(C)C)c1.[I-]. The first-order chi connectivity index (χ1) is 17.3. The Hall–Kier alpha value is -2.68. The first kappa shape index (κ1) is 31.5. The lowest BCUT2D eigenvalue weighted by atomic mass is 9.98. The van der Waals surface area contributed by atoms with E-state index in [-0.39, 0.29) is 29.8 Å². The number of ketones is 1. The maximum atomic E-state index is 13.4. The van der Waals surface area contributed by atoms with Crippen molar-refractivity contribution in [2.75, 3.05) is 62.5 Å². The van der Waals surface area contributed by atoms with Gasteiger partial charge in [-0.15, -0.1) is 0 Å². The Kier molecular flexibility index (Phi) is 10.7. The highest BCUT2D eigenvalue weighted by molar-refractivity contribution is 6.10. The number of ether oxygens (including phenoxy) is 2. The molecule has 0 amide bonds. The number of benzene rings is 3. The van der Waals surface area contributed by atoms with E-state index in [2.05, 4.69) is 65.3 Å². The zero-order valence-electron chi connectivity index (χ0n) is 24.3. The topological polar surface area (TPSA) is 35.5 Å². The van der Waals surface area contributed by atoms with Crippen LogP contribution >= 0.6 is 0 Å². The number of quaternary nitrogens is 2. The van der Waals surface area contributed by atoms with Gasteiger partial charge >= 0.3 is 0 Å². The molecule has 0 bridgehead atoms. The molecule has 0 atom stereocenters. The molecule has 0 aliphatic carbocycles. The first-order valence-corrected chi connectivity index (χ1v) is 12.7. The number of halogens is 1. The van der Waals surface area contributed by atoms with Gasteiger partial charge in [-0.25, -0.2) is 0 Å². The van der Waals surface area contributed by atoms with E-state index in [4.69, 9.17) is 9.47 Å². The maximum Gasteiger partial charge on any atom is 0.191 e. The molecule has 0 saturated heterocycles. The second-order valence-corrected chi connectivity index (χ2v) is 11.6. The van der Waals surface area contributed by atoms with Crippen molar-refractivity contribution in [3.63, 3.8) is 0 Å². The summed E-state index contributed by atoms with van der Waals surface area (Å²) in [6.45, 7) is 5.68. The summed E-state index contributed by atoms with van der Waals surface area (Å²) < 4.78 is 12.9. The molecule has 0 aliphatic heterocycles. The fourth-order valence-electron chi connectivity index (χ4n) is 4.22. The van der Waals surface area contributed by atoms with Crippen molar-refractivity contribution >= 4 is 17.5 Å². The van der Waals surface area contributed by atoms with Crippen LogP contribution in [0, 0.1) is 13.8 Å². The second kappa shape index (κ2) is 12.9. The summed E-state index contributed by atoms with van der Waals surface area (Å²) in [6, 6.07) is 18.4. The van der Waals surface area contributed by atoms with E-state index < -0.39 is 0 Å². The van der Waals surface area contributed by atoms with E-state index >= 15 is 0 Å². The van der Waals surface area contributed by atoms with Crippen LogP contribution in [0.5, 0.6) is 11.5 Å². The van der Waals surface area contributed by atoms with Crippen molar-refractivity contribution in [2.24, 2.45) is 0 Å². The molecule has 3 aromatic rings. The van der Waals surface area contributed by atoms with Crippen LogP contribution in [0.2, 0.25) is 0 Å². The normalized spacial score (nSPS) is 11.8. The summed E-state index contributed by atoms with van der Waals surface area (Å²) in [5.74, 6) is 1.45. The van der Waals surface area contributed by atoms with Crippen molar-refractivity contribution in [1.82, 2.24) is 4.48 Å². The summed E-state index contributed by atoms with van der Waals surface area (Å²) in [6.07, 6.45) is 3.52. The molecule has 0 N–H and O–H groups in total. The van der Waals surface area contributed by atoms with Crippen LogP contribution in [0.4, 0.5) is 5.69 Å². The smallest absolute Gasteiger partial charge is 0.191 e. The Bertz CT molecular complexity index is 1280. The van der Waals surface area contributed by atoms with Gasteiger partial charge in [-0.1, -0.05) is 35.4 Å². The summed E-state index contributed by atoms with van der Waals surface area (Å²) in [5.41, 5.74) is 7.12. The fourth-order valence-corrected chi connectivity index (χ4v) is 4.22. The van der Waals surface area contributed by atoms with Crippen LogP contribution in [-0.2, 0) is 0 Å². The van der Waals surface area contributed by atoms with Gasteiger partial charge in [-0.2, -0.15) is 0 Å². The van der Waals surface area contributed by atoms with Gasteiger partial charge in [0.15, 0.2) is 5.78 Å². The Morgan fingerprint density at radius 1 is 0.842 bits per heavy atom. The van der Waals surface area contributed by atoms with Crippen molar-refractivity contribution in [3.8, 4) is 22.6 Å². The maximum absolute atomic E-state index is 13.4. The summed E-state index contributed by atoms with van der Waals surface area (Å²) >= 11 is 0. The molecular formula is C32H42IN2O3+. The average molecular weight is 630 g/mol. The number of hydrogen-bond acceptors (Lipinski definition) is 3. The van der Waals surface area contributed by atoms with Crippen LogP contribution in [0.3, 0.4) is 0 Å². The summed E-state index contributed by atoms with van der Waals surface area (Å²) in [7, 11) is 14.2. The number of likely N-dealkylation sites (N-methyl/N-ethyl adjacent to an activating group) is 1. The van der Waals surface area contributed by atoms with Crippen LogP contribution in [0.15, 0.2) is 60.7 Å². The van der Waals surface area contributed by atoms with Crippen LogP contribution in [0.25, 0.3) is 17.2 Å². The monoisotopic (exact) mass is 629 g/mol. The van der Waals surface area contributed by atoms with Gasteiger partial charge in [0.1, 0.15) is 30.3 Å². The van der Waals surface area contributed by atoms with Crippen LogP contribution < -0.4 is 37.9 Å². The van der Waals surface area contributed by atoms with Gasteiger partial charge in [-0.05, 0) is 61.4 Å². The molecule has 0 radical (unpaired) electrons. The molecule has 0 unspecified atom stereocenters. The molecule has 3 aromatic carbocycles. The molecule has 0 heterocycles. The van der Waals surface area contributed by atoms with E-state index in [1.54, 1.807) is 13.2 Å². The minimum Gasteiger partial charge on any atom is -1.00 e. The Balaban J connectivity index is 0.00000507. The zero-order valence-corrected chi connectivity index (χ0v) is 26.4. The van der Waals surface area contributed by atoms with Crippen molar-refractivity contribution in [1.29, 1.82) is 0 Å². The third-order valence-electron chi connectivity index (χ3n) is 6.19. The molecule has 0 spiro atoms. The molecule has 3 rings (SSSR count). The van der Waals surface area contributed by atoms with Gasteiger partial charge in [0.25, 0.3) is 0 Å². The average Bonchev–Trinajstić information content (AvgIpc) is 2.80. The van der Waals surface area contributed by atoms with Gasteiger partial charge in [0.05, 0.1) is 55.0 Å². The van der Waals surface area contributed by atoms with Gasteiger partial charge in [-0.3, -0.25) is 9.28 Å². The van der Waals surface area contributed by atoms with E-state index in [0.29, 0.717) is 16.7 Å². The number of carbonyl (C=O) groups excluding carboxylic acids is 1. The number of carbonyl (C=O) groups is 1. The standard InChI is InChI=1S/C32H42N2O3.HI/c1-23-18-24(2)20-27(19-23)25-11-15-32(37-17-16-33(3,4)5)26(21-25)10-14-31(35)29-13-12-28(36-9)22-30(29)34(6,7)8;/h10-15,18-22H,16-17H2,1-9H3;1H/q+2;/p-1/b14-10+;. The fraction of sp³-hybridized carbons (Fsp3) is 0.344. The molecule has 38 heavy (non-hydrogen) atoms. The molecule has 0 saturated carbocycles. The van der Waals surface area contributed by atoms with Crippen LogP contribution in [-0.4, -0.2) is 72.8 Å². The highest BCUT2D eigenvalue weighted by Gasteiger charge is 2.22. The van der Waals surface area contributed by atoms with E-state index in [9.17, 15) is 4.79 Å². The van der Waals surface area contributed by atoms with Crippen molar-refractivity contribution < 1.29 is 42.7 Å². The molecule has 0 aliphatic rings. The molecular weight excluding hydrogens is 587 g/mol. The number of methoxy groups -OCH3 is 1. The largest absolute Gasteiger partial charge is 1.00 e. The lowest BCUT2D eigenvalue weighted by molar-refractivity contribution is -0.870. The lowest BCUT2D eigenvalue weighted by Gasteiger charge is -2.25. The number of rotatable bonds is 10. The number of nitrogens with zero attached hydrogens (tertiary/aromatic N) is 2. The molecule has 6 heteroatoms. The predicted molar refractivity (Wildman–Crippen MR) is 156 cm³/mol. The molecule has 0 aromatic heterocycles. The number of hydrogen-bond donors (Lipinski definition) is 0. The van der Waals surface area contributed by atoms with Gasteiger partial charge in [0, 0.05) is 11.6 Å². The van der Waals surface area contributed by atoms with Gasteiger partial charge < -0.3 is 37.9 Å². The zero-order chi connectivity index (χ0) is 27.4. The number of aryl methyl sites for hydroxylation is 2. The Morgan fingerprint density at radius 2 is 1.50 bits per heavy atom. The Labute approximate surface area is 245 Å². The van der Waals surface area contributed by atoms with E-state index in [0.717, 1.165) is 44.9 Å². The quantitative estimate of drug-likeness (QED) is 0.150. The van der Waals surface area contributed by atoms with Gasteiger partial charge in [0.2, 0.25) is 0 Å². The Morgan fingerprint density at radius 3 is 2.08 bits per heavy atom. The molecule has 204 valence electrons. The van der Waals surface area contributed by atoms with Crippen LogP contribution in [0.1, 0.15) is 27.0 Å².